The number of rotatable bonds is 4. The van der Waals surface area contributed by atoms with Gasteiger partial charge in [0.05, 0.1) is 11.9 Å². The quantitative estimate of drug-likeness (QED) is 0.865. The maximum absolute atomic E-state index is 12.4. The van der Waals surface area contributed by atoms with Crippen LogP contribution in [-0.2, 0) is 6.54 Å². The van der Waals surface area contributed by atoms with Gasteiger partial charge >= 0.3 is 0 Å². The van der Waals surface area contributed by atoms with E-state index in [0.29, 0.717) is 0 Å². The van der Waals surface area contributed by atoms with Gasteiger partial charge < -0.3 is 9.47 Å². The zero-order valence-electron chi connectivity index (χ0n) is 12.0. The summed E-state index contributed by atoms with van der Waals surface area (Å²) in [4.78, 5) is 20.8. The van der Waals surface area contributed by atoms with E-state index >= 15 is 0 Å². The predicted molar refractivity (Wildman–Crippen MR) is 83.5 cm³/mol. The highest BCUT2D eigenvalue weighted by atomic mass is 32.1. The van der Waals surface area contributed by atoms with Crippen molar-refractivity contribution in [3.05, 3.63) is 41.1 Å². The molecule has 0 bridgehead atoms. The summed E-state index contributed by atoms with van der Waals surface area (Å²) in [7, 11) is 0. The summed E-state index contributed by atoms with van der Waals surface area (Å²) < 4.78 is 2.10. The lowest BCUT2D eigenvalue weighted by Crippen LogP contribution is -2.35. The Morgan fingerprint density at radius 3 is 2.95 bits per heavy atom. The van der Waals surface area contributed by atoms with E-state index in [1.165, 1.54) is 0 Å². The molecule has 1 fully saturated rings. The number of aromatic nitrogens is 2. The van der Waals surface area contributed by atoms with Crippen LogP contribution in [-0.4, -0.2) is 58.0 Å². The molecule has 0 N–H and O–H groups in total. The fourth-order valence-electron chi connectivity index (χ4n) is 2.64. The fraction of sp³-hybridized carbons (Fsp3) is 0.467. The molecule has 3 rings (SSSR count). The summed E-state index contributed by atoms with van der Waals surface area (Å²) in [6.45, 7) is 5.65. The fourth-order valence-corrected chi connectivity index (χ4v) is 3.27. The molecule has 5 nitrogen and oxygen atoms in total. The second-order valence-electron chi connectivity index (χ2n) is 5.30. The summed E-state index contributed by atoms with van der Waals surface area (Å²) >= 11 is 1.58. The lowest BCUT2D eigenvalue weighted by Gasteiger charge is -2.21. The standard InChI is InChI=1S/C15H20N4OS/c20-15(14-2-11-21-12-14)19-5-1-4-17(9-10-19)7-8-18-6-3-16-13-18/h2-3,6,11-13H,1,4-5,7-10H2. The molecule has 6 heteroatoms. The molecule has 3 heterocycles. The lowest BCUT2D eigenvalue weighted by molar-refractivity contribution is 0.0762. The first kappa shape index (κ1) is 14.3. The molecule has 1 aliphatic heterocycles. The van der Waals surface area contributed by atoms with Crippen molar-refractivity contribution in [3.8, 4) is 0 Å². The molecule has 0 aliphatic carbocycles. The Kier molecular flexibility index (Phi) is 4.67. The van der Waals surface area contributed by atoms with E-state index in [1.807, 2.05) is 40.4 Å². The monoisotopic (exact) mass is 304 g/mol. The molecule has 21 heavy (non-hydrogen) atoms. The first-order chi connectivity index (χ1) is 10.3. The van der Waals surface area contributed by atoms with Crippen molar-refractivity contribution in [1.82, 2.24) is 19.4 Å². The Bertz CT molecular complexity index is 552. The summed E-state index contributed by atoms with van der Waals surface area (Å²) in [5.41, 5.74) is 0.826. The van der Waals surface area contributed by atoms with Crippen molar-refractivity contribution in [2.24, 2.45) is 0 Å². The molecule has 2 aromatic heterocycles. The van der Waals surface area contributed by atoms with Crippen LogP contribution in [0.5, 0.6) is 0 Å². The topological polar surface area (TPSA) is 41.4 Å². The predicted octanol–water partition coefficient (Wildman–Crippen LogP) is 1.79. The molecule has 1 aliphatic rings. The molecule has 2 aromatic rings. The lowest BCUT2D eigenvalue weighted by atomic mass is 10.3. The Hall–Kier alpha value is -1.66. The number of thiophene rings is 1. The highest BCUT2D eigenvalue weighted by Crippen LogP contribution is 2.12. The second kappa shape index (κ2) is 6.87. The van der Waals surface area contributed by atoms with Crippen molar-refractivity contribution < 1.29 is 4.79 Å². The molecule has 0 aromatic carbocycles. The Balaban J connectivity index is 1.51. The minimum Gasteiger partial charge on any atom is -0.337 e. The average molecular weight is 304 g/mol. The van der Waals surface area contributed by atoms with Crippen LogP contribution in [0.2, 0.25) is 0 Å². The molecule has 0 radical (unpaired) electrons. The number of carbonyl (C=O) groups is 1. The second-order valence-corrected chi connectivity index (χ2v) is 6.08. The van der Waals surface area contributed by atoms with Crippen LogP contribution in [0, 0.1) is 0 Å². The van der Waals surface area contributed by atoms with Crippen LogP contribution >= 0.6 is 11.3 Å². The highest BCUT2D eigenvalue weighted by molar-refractivity contribution is 7.08. The molecule has 0 atom stereocenters. The molecular formula is C15H20N4OS. The maximum atomic E-state index is 12.4. The van der Waals surface area contributed by atoms with Crippen LogP contribution in [0.4, 0.5) is 0 Å². The van der Waals surface area contributed by atoms with Crippen LogP contribution in [0.25, 0.3) is 0 Å². The first-order valence-electron chi connectivity index (χ1n) is 7.32. The van der Waals surface area contributed by atoms with Gasteiger partial charge in [0.2, 0.25) is 0 Å². The van der Waals surface area contributed by atoms with Crippen molar-refractivity contribution in [3.63, 3.8) is 0 Å². The number of hydrogen-bond donors (Lipinski definition) is 0. The minimum absolute atomic E-state index is 0.174. The van der Waals surface area contributed by atoms with E-state index < -0.39 is 0 Å². The van der Waals surface area contributed by atoms with Gasteiger partial charge in [0.25, 0.3) is 5.91 Å². The normalized spacial score (nSPS) is 16.9. The van der Waals surface area contributed by atoms with Gasteiger partial charge in [0.15, 0.2) is 0 Å². The van der Waals surface area contributed by atoms with Crippen LogP contribution in [0.3, 0.4) is 0 Å². The minimum atomic E-state index is 0.174. The van der Waals surface area contributed by atoms with Gasteiger partial charge in [-0.05, 0) is 24.4 Å². The van der Waals surface area contributed by atoms with E-state index in [4.69, 9.17) is 0 Å². The van der Waals surface area contributed by atoms with Crippen LogP contribution in [0.15, 0.2) is 35.5 Å². The van der Waals surface area contributed by atoms with Crippen molar-refractivity contribution in [2.75, 3.05) is 32.7 Å². The van der Waals surface area contributed by atoms with Crippen molar-refractivity contribution >= 4 is 17.2 Å². The van der Waals surface area contributed by atoms with Gasteiger partial charge in [-0.1, -0.05) is 0 Å². The molecule has 1 amide bonds. The molecule has 0 saturated carbocycles. The maximum Gasteiger partial charge on any atom is 0.254 e. The summed E-state index contributed by atoms with van der Waals surface area (Å²) in [5, 5.41) is 3.90. The Labute approximate surface area is 128 Å². The van der Waals surface area contributed by atoms with E-state index in [-0.39, 0.29) is 5.91 Å². The smallest absolute Gasteiger partial charge is 0.254 e. The third kappa shape index (κ3) is 3.71. The van der Waals surface area contributed by atoms with Crippen LogP contribution < -0.4 is 0 Å². The van der Waals surface area contributed by atoms with Gasteiger partial charge in [0.1, 0.15) is 0 Å². The van der Waals surface area contributed by atoms with Gasteiger partial charge in [-0.25, -0.2) is 4.98 Å². The zero-order valence-corrected chi connectivity index (χ0v) is 12.8. The number of nitrogens with zero attached hydrogens (tertiary/aromatic N) is 4. The number of carbonyl (C=O) groups excluding carboxylic acids is 1. The third-order valence-electron chi connectivity index (χ3n) is 3.88. The Morgan fingerprint density at radius 2 is 2.19 bits per heavy atom. The highest BCUT2D eigenvalue weighted by Gasteiger charge is 2.20. The summed E-state index contributed by atoms with van der Waals surface area (Å²) in [6.07, 6.45) is 6.69. The van der Waals surface area contributed by atoms with E-state index in [9.17, 15) is 4.79 Å². The van der Waals surface area contributed by atoms with E-state index in [2.05, 4.69) is 14.5 Å². The van der Waals surface area contributed by atoms with Gasteiger partial charge in [-0.3, -0.25) is 9.69 Å². The molecular weight excluding hydrogens is 284 g/mol. The van der Waals surface area contributed by atoms with Gasteiger partial charge in [-0.15, -0.1) is 0 Å². The number of amides is 1. The largest absolute Gasteiger partial charge is 0.337 e. The van der Waals surface area contributed by atoms with Crippen molar-refractivity contribution in [2.45, 2.75) is 13.0 Å². The molecule has 0 unspecified atom stereocenters. The third-order valence-corrected chi connectivity index (χ3v) is 4.56. The molecule has 112 valence electrons. The first-order valence-corrected chi connectivity index (χ1v) is 8.27. The van der Waals surface area contributed by atoms with E-state index in [0.717, 1.165) is 51.3 Å². The Morgan fingerprint density at radius 1 is 1.24 bits per heavy atom. The average Bonchev–Trinajstić information content (AvgIpc) is 3.15. The van der Waals surface area contributed by atoms with E-state index in [1.54, 1.807) is 11.3 Å². The number of imidazole rings is 1. The SMILES string of the molecule is O=C(c1ccsc1)N1CCCN(CCn2ccnc2)CC1. The summed E-state index contributed by atoms with van der Waals surface area (Å²) in [6, 6.07) is 1.91. The van der Waals surface area contributed by atoms with Crippen molar-refractivity contribution in [1.29, 1.82) is 0 Å². The molecule has 0 spiro atoms. The molecule has 1 saturated heterocycles. The zero-order chi connectivity index (χ0) is 14.5. The number of hydrogen-bond acceptors (Lipinski definition) is 4. The van der Waals surface area contributed by atoms with Gasteiger partial charge in [0, 0.05) is 50.5 Å². The summed E-state index contributed by atoms with van der Waals surface area (Å²) in [5.74, 6) is 0.174. The van der Waals surface area contributed by atoms with Gasteiger partial charge in [-0.2, -0.15) is 11.3 Å². The van der Waals surface area contributed by atoms with Crippen LogP contribution in [0.1, 0.15) is 16.8 Å².